The van der Waals surface area contributed by atoms with Crippen molar-refractivity contribution in [3.8, 4) is 5.75 Å². The van der Waals surface area contributed by atoms with Crippen LogP contribution in [-0.4, -0.2) is 32.8 Å². The van der Waals surface area contributed by atoms with E-state index in [1.807, 2.05) is 48.7 Å². The normalized spacial score (nSPS) is 13.8. The molecule has 0 bridgehead atoms. The molecule has 0 aliphatic heterocycles. The average Bonchev–Trinajstić information content (AvgIpc) is 3.18. The van der Waals surface area contributed by atoms with Crippen LogP contribution in [0, 0.1) is 0 Å². The van der Waals surface area contributed by atoms with Crippen LogP contribution < -0.4 is 4.43 Å². The van der Waals surface area contributed by atoms with Crippen LogP contribution in [0.3, 0.4) is 0 Å². The molecule has 0 fully saturated rings. The van der Waals surface area contributed by atoms with E-state index in [0.29, 0.717) is 11.3 Å². The van der Waals surface area contributed by atoms with Gasteiger partial charge in [-0.15, -0.1) is 11.3 Å². The minimum absolute atomic E-state index is 0.0379. The molecule has 0 N–H and O–H groups in total. The highest BCUT2D eigenvalue weighted by atomic mass is 32.1. The summed E-state index contributed by atoms with van der Waals surface area (Å²) in [5.41, 5.74) is 1.45. The standard InChI is InChI=1S/C25H40N2O2SSi2/c1-19(22-17-14-18-30-22)26-27(31(8,9)24(2,3)4)23(28)20-15-12-13-16-21(20)29-32(10,11)25(5,6)7/h12-18H,1-11H3/b26-19+. The van der Waals surface area contributed by atoms with Gasteiger partial charge < -0.3 is 4.43 Å². The number of hydrazone groups is 1. The number of carbonyl (C=O) groups is 1. The SMILES string of the molecule is C/C(=N\N(C(=O)c1ccccc1O[Si](C)(C)C(C)(C)C)[Si](C)(C)C(C)(C)C)c1cccs1. The summed E-state index contributed by atoms with van der Waals surface area (Å²) in [4.78, 5) is 15.2. The summed E-state index contributed by atoms with van der Waals surface area (Å²) in [6, 6.07) is 11.7. The zero-order valence-electron chi connectivity index (χ0n) is 21.7. The molecular formula is C25H40N2O2SSi2. The van der Waals surface area contributed by atoms with Crippen LogP contribution in [0.4, 0.5) is 0 Å². The summed E-state index contributed by atoms with van der Waals surface area (Å²) in [7, 11) is -4.43. The predicted molar refractivity (Wildman–Crippen MR) is 144 cm³/mol. The summed E-state index contributed by atoms with van der Waals surface area (Å²) in [5, 5.41) is 6.96. The molecule has 0 atom stereocenters. The zero-order chi connectivity index (χ0) is 24.5. The van der Waals surface area contributed by atoms with Crippen molar-refractivity contribution < 1.29 is 9.22 Å². The first-order valence-electron chi connectivity index (χ1n) is 11.2. The molecule has 1 heterocycles. The van der Waals surface area contributed by atoms with Gasteiger partial charge in [0.2, 0.25) is 0 Å². The number of nitrogens with zero attached hydrogens (tertiary/aromatic N) is 2. The molecule has 0 aliphatic rings. The van der Waals surface area contributed by atoms with Gasteiger partial charge >= 0.3 is 0 Å². The third kappa shape index (κ3) is 5.61. The largest absolute Gasteiger partial charge is 0.543 e. The number of para-hydroxylation sites is 1. The highest BCUT2D eigenvalue weighted by Gasteiger charge is 2.46. The molecule has 0 radical (unpaired) electrons. The number of rotatable bonds is 6. The van der Waals surface area contributed by atoms with Gasteiger partial charge in [0.25, 0.3) is 14.2 Å². The molecule has 7 heteroatoms. The van der Waals surface area contributed by atoms with E-state index in [0.717, 1.165) is 10.6 Å². The van der Waals surface area contributed by atoms with Gasteiger partial charge in [0.15, 0.2) is 8.24 Å². The Kier molecular flexibility index (Phi) is 7.69. The summed E-state index contributed by atoms with van der Waals surface area (Å²) in [5.74, 6) is 0.582. The second kappa shape index (κ2) is 9.27. The Balaban J connectivity index is 2.60. The third-order valence-electron chi connectivity index (χ3n) is 6.97. The quantitative estimate of drug-likeness (QED) is 0.235. The summed E-state index contributed by atoms with van der Waals surface area (Å²) >= 11 is 1.64. The number of carbonyl (C=O) groups excluding carboxylic acids is 1. The van der Waals surface area contributed by atoms with Crippen LogP contribution in [0.25, 0.3) is 0 Å². The Labute approximate surface area is 200 Å². The molecule has 32 heavy (non-hydrogen) atoms. The Bertz CT molecular complexity index is 969. The second-order valence-electron chi connectivity index (χ2n) is 11.4. The van der Waals surface area contributed by atoms with Crippen LogP contribution in [0.15, 0.2) is 46.9 Å². The van der Waals surface area contributed by atoms with Crippen molar-refractivity contribution in [2.45, 2.75) is 84.7 Å². The topological polar surface area (TPSA) is 41.9 Å². The zero-order valence-corrected chi connectivity index (χ0v) is 24.5. The van der Waals surface area contributed by atoms with Gasteiger partial charge in [-0.3, -0.25) is 9.47 Å². The van der Waals surface area contributed by atoms with Crippen molar-refractivity contribution in [2.24, 2.45) is 5.10 Å². The number of hydrogen-bond acceptors (Lipinski definition) is 4. The Hall–Kier alpha value is -1.71. The second-order valence-corrected chi connectivity index (χ2v) is 22.2. The van der Waals surface area contributed by atoms with Gasteiger partial charge in [0.1, 0.15) is 5.75 Å². The van der Waals surface area contributed by atoms with Crippen LogP contribution in [0.2, 0.25) is 36.3 Å². The molecule has 0 aliphatic carbocycles. The van der Waals surface area contributed by atoms with E-state index in [1.165, 1.54) is 0 Å². The van der Waals surface area contributed by atoms with Gasteiger partial charge in [-0.25, -0.2) is 0 Å². The van der Waals surface area contributed by atoms with Crippen LogP contribution >= 0.6 is 11.3 Å². The fourth-order valence-corrected chi connectivity index (χ4v) is 6.07. The number of amides is 1. The Morgan fingerprint density at radius 2 is 1.53 bits per heavy atom. The molecule has 176 valence electrons. The lowest BCUT2D eigenvalue weighted by atomic mass is 10.2. The maximum absolute atomic E-state index is 14.1. The van der Waals surface area contributed by atoms with Crippen molar-refractivity contribution in [3.05, 3.63) is 52.2 Å². The Morgan fingerprint density at radius 3 is 2.03 bits per heavy atom. The van der Waals surface area contributed by atoms with E-state index in [9.17, 15) is 4.79 Å². The van der Waals surface area contributed by atoms with E-state index in [2.05, 4.69) is 67.7 Å². The van der Waals surface area contributed by atoms with Crippen molar-refractivity contribution in [1.29, 1.82) is 0 Å². The fourth-order valence-electron chi connectivity index (χ4n) is 2.70. The lowest BCUT2D eigenvalue weighted by molar-refractivity contribution is 0.0846. The molecule has 1 amide bonds. The third-order valence-corrected chi connectivity index (χ3v) is 17.3. The van der Waals surface area contributed by atoms with Gasteiger partial charge in [0, 0.05) is 4.88 Å². The minimum Gasteiger partial charge on any atom is -0.543 e. The van der Waals surface area contributed by atoms with Crippen molar-refractivity contribution in [2.75, 3.05) is 0 Å². The highest BCUT2D eigenvalue weighted by molar-refractivity contribution is 7.12. The molecule has 2 rings (SSSR count). The molecular weight excluding hydrogens is 449 g/mol. The van der Waals surface area contributed by atoms with E-state index >= 15 is 0 Å². The molecule has 1 aromatic heterocycles. The van der Waals surface area contributed by atoms with Gasteiger partial charge in [0.05, 0.1) is 11.3 Å². The van der Waals surface area contributed by atoms with E-state index in [-0.39, 0.29) is 16.0 Å². The smallest absolute Gasteiger partial charge is 0.269 e. The van der Waals surface area contributed by atoms with Gasteiger partial charge in [-0.1, -0.05) is 59.7 Å². The lowest BCUT2D eigenvalue weighted by Gasteiger charge is -2.43. The first-order valence-corrected chi connectivity index (χ1v) is 17.9. The van der Waals surface area contributed by atoms with E-state index in [4.69, 9.17) is 9.53 Å². The average molecular weight is 489 g/mol. The molecule has 0 saturated carbocycles. The molecule has 0 saturated heterocycles. The van der Waals surface area contributed by atoms with E-state index < -0.39 is 16.6 Å². The van der Waals surface area contributed by atoms with Gasteiger partial charge in [-0.05, 0) is 66.8 Å². The number of benzene rings is 1. The van der Waals surface area contributed by atoms with Crippen molar-refractivity contribution in [3.63, 3.8) is 0 Å². The molecule has 2 aromatic rings. The first-order chi connectivity index (χ1) is 14.5. The van der Waals surface area contributed by atoms with Gasteiger partial charge in [-0.2, -0.15) is 5.10 Å². The fraction of sp³-hybridized carbons (Fsp3) is 0.520. The van der Waals surface area contributed by atoms with Crippen LogP contribution in [-0.2, 0) is 0 Å². The Morgan fingerprint density at radius 1 is 0.938 bits per heavy atom. The van der Waals surface area contributed by atoms with Crippen molar-refractivity contribution >= 4 is 39.5 Å². The van der Waals surface area contributed by atoms with Crippen LogP contribution in [0.1, 0.15) is 63.7 Å². The summed E-state index contributed by atoms with van der Waals surface area (Å²) < 4.78 is 8.41. The molecule has 0 unspecified atom stereocenters. The summed E-state index contributed by atoms with van der Waals surface area (Å²) in [6.07, 6.45) is 0. The number of thiophene rings is 1. The molecule has 0 spiro atoms. The van der Waals surface area contributed by atoms with E-state index in [1.54, 1.807) is 16.0 Å². The summed E-state index contributed by atoms with van der Waals surface area (Å²) in [6.45, 7) is 24.1. The maximum Gasteiger partial charge on any atom is 0.269 e. The number of hydrogen-bond donors (Lipinski definition) is 0. The van der Waals surface area contributed by atoms with Crippen molar-refractivity contribution in [1.82, 2.24) is 4.67 Å². The monoisotopic (exact) mass is 488 g/mol. The molecule has 4 nitrogen and oxygen atoms in total. The van der Waals surface area contributed by atoms with Crippen LogP contribution in [0.5, 0.6) is 5.75 Å². The molecule has 1 aromatic carbocycles. The highest BCUT2D eigenvalue weighted by Crippen LogP contribution is 2.41. The first kappa shape index (κ1) is 26.5. The lowest BCUT2D eigenvalue weighted by Crippen LogP contribution is -2.55. The predicted octanol–water partition coefficient (Wildman–Crippen LogP) is 8.00. The maximum atomic E-state index is 14.1. The minimum atomic E-state index is -2.32.